The molecule has 54 heavy (non-hydrogen) atoms. The van der Waals surface area contributed by atoms with Crippen molar-refractivity contribution in [2.75, 3.05) is 13.2 Å². The summed E-state index contributed by atoms with van der Waals surface area (Å²) in [5, 5.41) is 0.998. The Morgan fingerprint density at radius 3 is 1.72 bits per heavy atom. The van der Waals surface area contributed by atoms with Crippen LogP contribution in [0.3, 0.4) is 0 Å². The third-order valence-electron chi connectivity index (χ3n) is 8.47. The van der Waals surface area contributed by atoms with Crippen molar-refractivity contribution in [1.82, 2.24) is 19.1 Å². The third kappa shape index (κ3) is 8.14. The summed E-state index contributed by atoms with van der Waals surface area (Å²) in [5.74, 6) is -0.723. The predicted molar refractivity (Wildman–Crippen MR) is 205 cm³/mol. The fraction of sp³-hybridized carbons (Fsp3) is 0.171. The van der Waals surface area contributed by atoms with Crippen molar-refractivity contribution in [3.8, 4) is 22.3 Å². The monoisotopic (exact) mass is 770 g/mol. The first-order valence-corrected chi connectivity index (χ1v) is 18.1. The van der Waals surface area contributed by atoms with Crippen molar-refractivity contribution < 1.29 is 32.2 Å². The van der Waals surface area contributed by atoms with Crippen molar-refractivity contribution in [3.63, 3.8) is 0 Å². The molecule has 7 aromatic rings. The number of aryl methyl sites for hydroxylation is 2. The number of fused-ring (bicyclic) bond motifs is 2. The van der Waals surface area contributed by atoms with Gasteiger partial charge in [0.15, 0.2) is 5.16 Å². The molecule has 276 valence electrons. The van der Waals surface area contributed by atoms with Crippen LogP contribution in [0.15, 0.2) is 119 Å². The Labute approximate surface area is 318 Å². The summed E-state index contributed by atoms with van der Waals surface area (Å²) in [5.41, 5.74) is 7.03. The number of para-hydroxylation sites is 2. The molecular formula is C41H34ClF3N4O4S. The zero-order valence-corrected chi connectivity index (χ0v) is 31.2. The van der Waals surface area contributed by atoms with Crippen molar-refractivity contribution in [2.45, 2.75) is 30.1 Å². The number of carbonyl (C=O) groups is 2. The number of imidazole rings is 2. The lowest BCUT2D eigenvalue weighted by Crippen LogP contribution is -2.04. The molecule has 0 fully saturated rings. The van der Waals surface area contributed by atoms with Crippen molar-refractivity contribution in [3.05, 3.63) is 131 Å². The molecule has 13 heteroatoms. The quantitative estimate of drug-likeness (QED) is 0.142. The lowest BCUT2D eigenvalue weighted by atomic mass is 10.0. The minimum Gasteiger partial charge on any atom is -0.462 e. The van der Waals surface area contributed by atoms with Crippen molar-refractivity contribution in [2.24, 2.45) is 14.1 Å². The summed E-state index contributed by atoms with van der Waals surface area (Å²) < 4.78 is 53.0. The Bertz CT molecular complexity index is 2500. The molecule has 2 heterocycles. The van der Waals surface area contributed by atoms with Crippen LogP contribution >= 0.6 is 23.4 Å². The first-order valence-electron chi connectivity index (χ1n) is 16.9. The molecular weight excluding hydrogens is 737 g/mol. The van der Waals surface area contributed by atoms with Gasteiger partial charge in [0.25, 0.3) is 0 Å². The van der Waals surface area contributed by atoms with Gasteiger partial charge in [0.2, 0.25) is 5.28 Å². The van der Waals surface area contributed by atoms with Crippen molar-refractivity contribution in [1.29, 1.82) is 0 Å². The molecule has 0 aliphatic carbocycles. The number of ether oxygens (including phenoxy) is 2. The average molecular weight is 771 g/mol. The number of hydrogen-bond acceptors (Lipinski definition) is 7. The van der Waals surface area contributed by atoms with Gasteiger partial charge in [-0.2, -0.15) is 13.2 Å². The molecule has 0 amide bonds. The van der Waals surface area contributed by atoms with Gasteiger partial charge in [-0.25, -0.2) is 19.6 Å². The summed E-state index contributed by atoms with van der Waals surface area (Å²) in [7, 11) is 3.70. The zero-order valence-electron chi connectivity index (χ0n) is 29.6. The highest BCUT2D eigenvalue weighted by atomic mass is 35.5. The molecule has 5 aromatic carbocycles. The minimum absolute atomic E-state index is 0.287. The fourth-order valence-electron chi connectivity index (χ4n) is 5.83. The second-order valence-corrected chi connectivity index (χ2v) is 13.3. The molecule has 0 saturated carbocycles. The second-order valence-electron chi connectivity index (χ2n) is 12.0. The summed E-state index contributed by atoms with van der Waals surface area (Å²) in [4.78, 5) is 33.6. The number of carbonyl (C=O) groups excluding carboxylic acids is 2. The van der Waals surface area contributed by atoms with E-state index in [-0.39, 0.29) is 12.6 Å². The molecule has 7 rings (SSSR count). The molecule has 0 saturated heterocycles. The van der Waals surface area contributed by atoms with Crippen LogP contribution in [0.4, 0.5) is 13.2 Å². The van der Waals surface area contributed by atoms with Gasteiger partial charge in [-0.05, 0) is 91.2 Å². The highest BCUT2D eigenvalue weighted by Crippen LogP contribution is 2.37. The van der Waals surface area contributed by atoms with E-state index in [4.69, 9.17) is 26.1 Å². The minimum atomic E-state index is -4.40. The highest BCUT2D eigenvalue weighted by Gasteiger charge is 2.30. The van der Waals surface area contributed by atoms with Gasteiger partial charge in [0, 0.05) is 30.1 Å². The van der Waals surface area contributed by atoms with E-state index in [1.165, 1.54) is 17.8 Å². The van der Waals surface area contributed by atoms with Gasteiger partial charge in [-0.1, -0.05) is 66.4 Å². The Balaban J connectivity index is 0.000000197. The highest BCUT2D eigenvalue weighted by molar-refractivity contribution is 7.99. The van der Waals surface area contributed by atoms with Crippen LogP contribution < -0.4 is 0 Å². The zero-order chi connectivity index (χ0) is 38.6. The van der Waals surface area contributed by atoms with Gasteiger partial charge in [0.1, 0.15) is 0 Å². The summed E-state index contributed by atoms with van der Waals surface area (Å²) >= 11 is 7.28. The van der Waals surface area contributed by atoms with Crippen LogP contribution in [0.25, 0.3) is 44.3 Å². The standard InChI is InChI=1S/C24H19F3N2O2S.C17H15ClN2O2/c1-3-31-22(30)16-8-4-7-15(13-16)19-11-6-12-20-21(19)28-23(29(20)2)32-18-10-5-9-17(14-18)24(25,26)27;1-3-22-16(21)12-7-4-6-11(10-12)13-8-5-9-14-15(13)19-17(18)20(14)2/h4-14H,3H2,1-2H3;4-10H,3H2,1-2H3. The lowest BCUT2D eigenvalue weighted by molar-refractivity contribution is -0.137. The van der Waals surface area contributed by atoms with Crippen molar-refractivity contribution >= 4 is 57.4 Å². The maximum absolute atomic E-state index is 13.1. The largest absolute Gasteiger partial charge is 0.462 e. The third-order valence-corrected chi connectivity index (χ3v) is 9.84. The predicted octanol–water partition coefficient (Wildman–Crippen LogP) is 10.7. The molecule has 0 N–H and O–H groups in total. The van der Waals surface area contributed by atoms with E-state index in [9.17, 15) is 22.8 Å². The van der Waals surface area contributed by atoms with Crippen LogP contribution in [-0.4, -0.2) is 44.3 Å². The molecule has 2 aromatic heterocycles. The van der Waals surface area contributed by atoms with Crippen LogP contribution in [-0.2, 0) is 29.7 Å². The number of esters is 2. The average Bonchev–Trinajstić information content (AvgIpc) is 3.65. The van der Waals surface area contributed by atoms with Crippen LogP contribution in [0.1, 0.15) is 40.1 Å². The lowest BCUT2D eigenvalue weighted by Gasteiger charge is -2.08. The Kier molecular flexibility index (Phi) is 11.4. The van der Waals surface area contributed by atoms with Crippen LogP contribution in [0, 0.1) is 0 Å². The molecule has 8 nitrogen and oxygen atoms in total. The van der Waals surface area contributed by atoms with Gasteiger partial charge in [-0.3, -0.25) is 0 Å². The number of nitrogens with zero attached hydrogens (tertiary/aromatic N) is 4. The topological polar surface area (TPSA) is 88.2 Å². The fourth-order valence-corrected chi connectivity index (χ4v) is 6.93. The van der Waals surface area contributed by atoms with E-state index in [0.717, 1.165) is 50.9 Å². The van der Waals surface area contributed by atoms with E-state index in [2.05, 4.69) is 4.98 Å². The summed E-state index contributed by atoms with van der Waals surface area (Å²) in [6, 6.07) is 31.2. The van der Waals surface area contributed by atoms with Gasteiger partial charge in [0.05, 0.1) is 52.0 Å². The van der Waals surface area contributed by atoms with Gasteiger partial charge >= 0.3 is 18.1 Å². The number of aromatic nitrogens is 4. The molecule has 0 radical (unpaired) electrons. The molecule has 0 aliphatic heterocycles. The first-order chi connectivity index (χ1) is 25.9. The second kappa shape index (κ2) is 16.2. The first kappa shape index (κ1) is 38.1. The molecule has 0 spiro atoms. The van der Waals surface area contributed by atoms with Crippen LogP contribution in [0.5, 0.6) is 0 Å². The van der Waals surface area contributed by atoms with E-state index >= 15 is 0 Å². The molecule has 0 atom stereocenters. The maximum Gasteiger partial charge on any atom is 0.416 e. The molecule has 0 aliphatic rings. The van der Waals surface area contributed by atoms with E-state index in [1.807, 2.05) is 83.9 Å². The SMILES string of the molecule is CCOC(=O)c1cccc(-c2cccc3c2nc(Cl)n3C)c1.CCOC(=O)c1cccc(-c2cccc3c2nc(Sc2cccc(C(F)(F)F)c2)n3C)c1. The molecule has 0 unspecified atom stereocenters. The normalized spacial score (nSPS) is 11.3. The smallest absolute Gasteiger partial charge is 0.416 e. The molecule has 0 bridgehead atoms. The van der Waals surface area contributed by atoms with Gasteiger partial charge in [-0.15, -0.1) is 0 Å². The Morgan fingerprint density at radius 1 is 0.685 bits per heavy atom. The number of rotatable bonds is 8. The Hall–Kier alpha value is -5.59. The van der Waals surface area contributed by atoms with E-state index in [1.54, 1.807) is 44.2 Å². The number of benzene rings is 5. The van der Waals surface area contributed by atoms with E-state index in [0.29, 0.717) is 38.6 Å². The Morgan fingerprint density at radius 2 is 1.19 bits per heavy atom. The number of alkyl halides is 3. The summed E-state index contributed by atoms with van der Waals surface area (Å²) in [6.45, 7) is 4.18. The number of halogens is 4. The summed E-state index contributed by atoms with van der Waals surface area (Å²) in [6.07, 6.45) is -4.40. The maximum atomic E-state index is 13.1. The van der Waals surface area contributed by atoms with Crippen LogP contribution in [0.2, 0.25) is 5.28 Å². The van der Waals surface area contributed by atoms with Gasteiger partial charge < -0.3 is 18.6 Å². The number of hydrogen-bond donors (Lipinski definition) is 0. The van der Waals surface area contributed by atoms with E-state index < -0.39 is 17.7 Å².